The molecule has 1 heterocycles. The molecule has 1 saturated heterocycles. The van der Waals surface area contributed by atoms with Gasteiger partial charge < -0.3 is 10.4 Å². The molecule has 1 aliphatic heterocycles. The van der Waals surface area contributed by atoms with E-state index in [0.717, 1.165) is 38.0 Å². The van der Waals surface area contributed by atoms with Crippen molar-refractivity contribution in [2.75, 3.05) is 26.7 Å². The highest BCUT2D eigenvalue weighted by molar-refractivity contribution is 5.38. The lowest BCUT2D eigenvalue weighted by atomic mass is 10.0. The smallest absolute Gasteiger partial charge is 0.0679 e. The van der Waals surface area contributed by atoms with Crippen LogP contribution in [0.15, 0.2) is 24.3 Å². The number of nitrogens with one attached hydrogen (secondary N) is 1. The van der Waals surface area contributed by atoms with Gasteiger partial charge in [-0.1, -0.05) is 30.9 Å². The fraction of sp³-hybridized carbons (Fsp3) is 0.529. The van der Waals surface area contributed by atoms with E-state index in [-0.39, 0.29) is 12.1 Å². The van der Waals surface area contributed by atoms with E-state index in [1.54, 1.807) is 0 Å². The molecule has 0 amide bonds. The first-order chi connectivity index (χ1) is 9.72. The van der Waals surface area contributed by atoms with Crippen LogP contribution in [0.25, 0.3) is 0 Å². The van der Waals surface area contributed by atoms with Crippen molar-refractivity contribution in [3.63, 3.8) is 0 Å². The molecule has 2 rings (SSSR count). The lowest BCUT2D eigenvalue weighted by Crippen LogP contribution is -2.33. The van der Waals surface area contributed by atoms with E-state index in [2.05, 4.69) is 53.2 Å². The SMILES string of the molecule is CCC#Cc1cccc(C(CN2CC[C@@H](O)C2)NC)c1. The highest BCUT2D eigenvalue weighted by atomic mass is 16.3. The molecule has 0 radical (unpaired) electrons. The van der Waals surface area contributed by atoms with E-state index in [0.29, 0.717) is 0 Å². The van der Waals surface area contributed by atoms with Crippen molar-refractivity contribution in [2.24, 2.45) is 0 Å². The molecule has 0 aliphatic carbocycles. The van der Waals surface area contributed by atoms with Crippen LogP contribution in [0.2, 0.25) is 0 Å². The van der Waals surface area contributed by atoms with Gasteiger partial charge in [-0.25, -0.2) is 0 Å². The molecule has 1 fully saturated rings. The maximum Gasteiger partial charge on any atom is 0.0679 e. The Morgan fingerprint density at radius 1 is 1.50 bits per heavy atom. The van der Waals surface area contributed by atoms with Gasteiger partial charge in [0.1, 0.15) is 0 Å². The summed E-state index contributed by atoms with van der Waals surface area (Å²) in [7, 11) is 1.99. The molecule has 3 nitrogen and oxygen atoms in total. The van der Waals surface area contributed by atoms with Crippen LogP contribution in [0.4, 0.5) is 0 Å². The molecule has 1 aliphatic rings. The zero-order valence-corrected chi connectivity index (χ0v) is 12.4. The van der Waals surface area contributed by atoms with Crippen molar-refractivity contribution in [1.82, 2.24) is 10.2 Å². The Hall–Kier alpha value is -1.34. The number of aliphatic hydroxyl groups excluding tert-OH is 1. The van der Waals surface area contributed by atoms with Crippen LogP contribution in [0, 0.1) is 11.8 Å². The van der Waals surface area contributed by atoms with Gasteiger partial charge in [0.15, 0.2) is 0 Å². The van der Waals surface area contributed by atoms with Gasteiger partial charge in [0, 0.05) is 37.7 Å². The number of benzene rings is 1. The maximum absolute atomic E-state index is 9.62. The fourth-order valence-corrected chi connectivity index (χ4v) is 2.62. The minimum absolute atomic E-state index is 0.158. The zero-order valence-electron chi connectivity index (χ0n) is 12.4. The van der Waals surface area contributed by atoms with Crippen LogP contribution in [0.1, 0.15) is 36.9 Å². The molecule has 108 valence electrons. The quantitative estimate of drug-likeness (QED) is 0.820. The molecule has 0 spiro atoms. The van der Waals surface area contributed by atoms with Crippen molar-refractivity contribution in [1.29, 1.82) is 0 Å². The lowest BCUT2D eigenvalue weighted by Gasteiger charge is -2.23. The molecule has 0 bridgehead atoms. The fourth-order valence-electron chi connectivity index (χ4n) is 2.62. The van der Waals surface area contributed by atoms with Gasteiger partial charge in [-0.15, -0.1) is 0 Å². The van der Waals surface area contributed by atoms with Crippen molar-refractivity contribution in [3.05, 3.63) is 35.4 Å². The molecular weight excluding hydrogens is 248 g/mol. The van der Waals surface area contributed by atoms with Gasteiger partial charge in [0.25, 0.3) is 0 Å². The first-order valence-corrected chi connectivity index (χ1v) is 7.39. The summed E-state index contributed by atoms with van der Waals surface area (Å²) in [5.74, 6) is 6.30. The second-order valence-corrected chi connectivity index (χ2v) is 5.32. The molecule has 3 heteroatoms. The highest BCUT2D eigenvalue weighted by Gasteiger charge is 2.23. The minimum Gasteiger partial charge on any atom is -0.392 e. The summed E-state index contributed by atoms with van der Waals surface area (Å²) in [5, 5.41) is 13.0. The third-order valence-corrected chi connectivity index (χ3v) is 3.74. The Balaban J connectivity index is 2.06. The third-order valence-electron chi connectivity index (χ3n) is 3.74. The molecule has 0 saturated carbocycles. The van der Waals surface area contributed by atoms with E-state index >= 15 is 0 Å². The first kappa shape index (κ1) is 15.1. The van der Waals surface area contributed by atoms with Crippen LogP contribution < -0.4 is 5.32 Å². The summed E-state index contributed by atoms with van der Waals surface area (Å²) >= 11 is 0. The maximum atomic E-state index is 9.62. The molecule has 2 N–H and O–H groups in total. The summed E-state index contributed by atoms with van der Waals surface area (Å²) in [4.78, 5) is 2.32. The lowest BCUT2D eigenvalue weighted by molar-refractivity contribution is 0.173. The van der Waals surface area contributed by atoms with E-state index in [1.165, 1.54) is 5.56 Å². The summed E-state index contributed by atoms with van der Waals surface area (Å²) in [6.45, 7) is 4.76. The molecular formula is C17H24N2O. The summed E-state index contributed by atoms with van der Waals surface area (Å²) in [6.07, 6.45) is 1.61. The summed E-state index contributed by atoms with van der Waals surface area (Å²) < 4.78 is 0. The first-order valence-electron chi connectivity index (χ1n) is 7.39. The molecule has 1 unspecified atom stereocenters. The van der Waals surface area contributed by atoms with E-state index < -0.39 is 0 Å². The van der Waals surface area contributed by atoms with Crippen molar-refractivity contribution >= 4 is 0 Å². The third kappa shape index (κ3) is 4.08. The number of aliphatic hydroxyl groups is 1. The Kier molecular flexibility index (Phi) is 5.60. The van der Waals surface area contributed by atoms with Gasteiger partial charge in [0.2, 0.25) is 0 Å². The Bertz CT molecular complexity index is 489. The van der Waals surface area contributed by atoms with Crippen molar-refractivity contribution in [3.8, 4) is 11.8 Å². The Morgan fingerprint density at radius 3 is 3.00 bits per heavy atom. The van der Waals surface area contributed by atoms with E-state index in [4.69, 9.17) is 0 Å². The van der Waals surface area contributed by atoms with Crippen molar-refractivity contribution < 1.29 is 5.11 Å². The summed E-state index contributed by atoms with van der Waals surface area (Å²) in [6, 6.07) is 8.71. The van der Waals surface area contributed by atoms with Gasteiger partial charge in [-0.3, -0.25) is 4.90 Å². The average Bonchev–Trinajstić information content (AvgIpc) is 2.88. The number of nitrogens with zero attached hydrogens (tertiary/aromatic N) is 1. The van der Waals surface area contributed by atoms with Crippen LogP contribution in [-0.2, 0) is 0 Å². The van der Waals surface area contributed by atoms with Crippen LogP contribution in [-0.4, -0.2) is 42.8 Å². The normalized spacial score (nSPS) is 20.4. The molecule has 1 aromatic carbocycles. The van der Waals surface area contributed by atoms with E-state index in [9.17, 15) is 5.11 Å². The number of likely N-dealkylation sites (tertiary alicyclic amines) is 1. The van der Waals surface area contributed by atoms with Crippen molar-refractivity contribution in [2.45, 2.75) is 31.9 Å². The monoisotopic (exact) mass is 272 g/mol. The predicted octanol–water partition coefficient (Wildman–Crippen LogP) is 1.78. The number of hydrogen-bond donors (Lipinski definition) is 2. The zero-order chi connectivity index (χ0) is 14.4. The highest BCUT2D eigenvalue weighted by Crippen LogP contribution is 2.18. The minimum atomic E-state index is -0.158. The molecule has 20 heavy (non-hydrogen) atoms. The van der Waals surface area contributed by atoms with Gasteiger partial charge in [-0.05, 0) is 31.2 Å². The van der Waals surface area contributed by atoms with Gasteiger partial charge in [0.05, 0.1) is 6.10 Å². The summed E-state index contributed by atoms with van der Waals surface area (Å²) in [5.41, 5.74) is 2.34. The standard InChI is InChI=1S/C17H24N2O/c1-3-4-6-14-7-5-8-15(11-14)17(18-2)13-19-10-9-16(20)12-19/h5,7-8,11,16-18,20H,3,9-10,12-13H2,1-2H3/t16-,17?/m1/s1. The van der Waals surface area contributed by atoms with E-state index in [1.807, 2.05) is 7.05 Å². The van der Waals surface area contributed by atoms with Crippen LogP contribution >= 0.6 is 0 Å². The Labute approximate surface area is 122 Å². The number of hydrogen-bond acceptors (Lipinski definition) is 3. The topological polar surface area (TPSA) is 35.5 Å². The molecule has 1 aromatic rings. The average molecular weight is 272 g/mol. The van der Waals surface area contributed by atoms with Crippen LogP contribution in [0.5, 0.6) is 0 Å². The molecule has 2 atom stereocenters. The van der Waals surface area contributed by atoms with Gasteiger partial charge in [-0.2, -0.15) is 0 Å². The van der Waals surface area contributed by atoms with Crippen LogP contribution in [0.3, 0.4) is 0 Å². The predicted molar refractivity (Wildman–Crippen MR) is 82.5 cm³/mol. The van der Waals surface area contributed by atoms with Gasteiger partial charge >= 0.3 is 0 Å². The molecule has 0 aromatic heterocycles. The second kappa shape index (κ2) is 7.44. The Morgan fingerprint density at radius 2 is 2.35 bits per heavy atom. The number of likely N-dealkylation sites (N-methyl/N-ethyl adjacent to an activating group) is 1. The largest absolute Gasteiger partial charge is 0.392 e. The number of β-amino-alcohol motifs (C(OH)–C–C–N with tert-alkyl or cyclic N) is 1. The second-order valence-electron chi connectivity index (χ2n) is 5.32. The number of rotatable bonds is 4.